The lowest BCUT2D eigenvalue weighted by molar-refractivity contribution is -0.137. The molecule has 0 saturated carbocycles. The van der Waals surface area contributed by atoms with Crippen LogP contribution >= 0.6 is 11.8 Å². The summed E-state index contributed by atoms with van der Waals surface area (Å²) < 4.78 is 1.72. The fraction of sp³-hybridized carbons (Fsp3) is 0.192. The number of carbonyl (C=O) groups is 2. The lowest BCUT2D eigenvalue weighted by atomic mass is 9.90. The smallest absolute Gasteiger partial charge is 0.323 e. The summed E-state index contributed by atoms with van der Waals surface area (Å²) in [6.07, 6.45) is 0.739. The molecule has 4 rings (SSSR count). The third-order valence-corrected chi connectivity index (χ3v) is 6.36. The fourth-order valence-electron chi connectivity index (χ4n) is 3.79. The van der Waals surface area contributed by atoms with Crippen LogP contribution in [0.5, 0.6) is 0 Å². The number of hydrogen-bond acceptors (Lipinski definition) is 4. The lowest BCUT2D eigenvalue weighted by Gasteiger charge is -2.18. The molecule has 0 saturated heterocycles. The van der Waals surface area contributed by atoms with Crippen LogP contribution in [0.3, 0.4) is 0 Å². The van der Waals surface area contributed by atoms with Gasteiger partial charge in [-0.1, -0.05) is 84.6 Å². The van der Waals surface area contributed by atoms with Crippen LogP contribution in [0.1, 0.15) is 23.5 Å². The van der Waals surface area contributed by atoms with Crippen LogP contribution in [-0.2, 0) is 16.1 Å². The van der Waals surface area contributed by atoms with E-state index in [9.17, 15) is 14.7 Å². The number of carboxylic acid groups (broad SMARTS) is 1. The molecule has 3 aromatic carbocycles. The normalized spacial score (nSPS) is 11.1. The summed E-state index contributed by atoms with van der Waals surface area (Å²) in [5.41, 5.74) is 3.50. The van der Waals surface area contributed by atoms with Crippen molar-refractivity contribution in [2.75, 3.05) is 12.3 Å². The maximum Gasteiger partial charge on any atom is 0.323 e. The van der Waals surface area contributed by atoms with Crippen LogP contribution < -0.4 is 5.32 Å². The number of carboxylic acids is 1. The summed E-state index contributed by atoms with van der Waals surface area (Å²) in [5.74, 6) is -0.583. The first-order valence-electron chi connectivity index (χ1n) is 10.8. The maximum atomic E-state index is 13.1. The highest BCUT2D eigenvalue weighted by molar-refractivity contribution is 7.99. The molecule has 0 radical (unpaired) electrons. The van der Waals surface area contributed by atoms with Crippen molar-refractivity contribution >= 4 is 34.7 Å². The molecule has 1 heterocycles. The molecule has 2 N–H and O–H groups in total. The SMILES string of the molecule is O=C(O)Cn1c(SCCCNC(=O)C(c2ccccc2)c2ccccc2)nc2ccccc21. The van der Waals surface area contributed by atoms with E-state index in [4.69, 9.17) is 0 Å². The van der Waals surface area contributed by atoms with Gasteiger partial charge in [0.1, 0.15) is 6.54 Å². The van der Waals surface area contributed by atoms with E-state index in [1.165, 1.54) is 11.8 Å². The second kappa shape index (κ2) is 10.8. The van der Waals surface area contributed by atoms with E-state index in [-0.39, 0.29) is 18.4 Å². The number of carbonyl (C=O) groups excluding carboxylic acids is 1. The molecular formula is C26H25N3O3S. The van der Waals surface area contributed by atoms with Crippen LogP contribution in [0.2, 0.25) is 0 Å². The van der Waals surface area contributed by atoms with Gasteiger partial charge >= 0.3 is 5.97 Å². The van der Waals surface area contributed by atoms with E-state index in [2.05, 4.69) is 10.3 Å². The number of aromatic nitrogens is 2. The Bertz CT molecular complexity index is 1190. The summed E-state index contributed by atoms with van der Waals surface area (Å²) in [4.78, 5) is 29.0. The van der Waals surface area contributed by atoms with Gasteiger partial charge in [0.05, 0.1) is 17.0 Å². The van der Waals surface area contributed by atoms with E-state index in [0.717, 1.165) is 28.6 Å². The Morgan fingerprint density at radius 1 is 0.909 bits per heavy atom. The van der Waals surface area contributed by atoms with Gasteiger partial charge in [-0.3, -0.25) is 9.59 Å². The first kappa shape index (κ1) is 22.6. The van der Waals surface area contributed by atoms with E-state index in [1.807, 2.05) is 84.9 Å². The predicted octanol–water partition coefficient (Wildman–Crippen LogP) is 4.55. The molecule has 0 aliphatic carbocycles. The number of benzene rings is 3. The van der Waals surface area contributed by atoms with Crippen molar-refractivity contribution in [1.29, 1.82) is 0 Å². The maximum absolute atomic E-state index is 13.1. The number of imidazole rings is 1. The van der Waals surface area contributed by atoms with Gasteiger partial charge in [0.2, 0.25) is 5.91 Å². The molecule has 6 nitrogen and oxygen atoms in total. The topological polar surface area (TPSA) is 84.2 Å². The van der Waals surface area contributed by atoms with E-state index in [0.29, 0.717) is 17.5 Å². The summed E-state index contributed by atoms with van der Waals surface area (Å²) in [5, 5.41) is 13.0. The van der Waals surface area contributed by atoms with Crippen LogP contribution in [0.15, 0.2) is 90.1 Å². The standard InChI is InChI=1S/C26H25N3O3S/c30-23(31)18-29-22-15-8-7-14-21(22)28-26(29)33-17-9-16-27-25(32)24(19-10-3-1-4-11-19)20-12-5-2-6-13-20/h1-8,10-15,24H,9,16-18H2,(H,27,32)(H,30,31). The van der Waals surface area contributed by atoms with Gasteiger partial charge in [-0.15, -0.1) is 0 Å². The van der Waals surface area contributed by atoms with Crippen molar-refractivity contribution < 1.29 is 14.7 Å². The number of thioether (sulfide) groups is 1. The number of nitrogens with zero attached hydrogens (tertiary/aromatic N) is 2. The average molecular weight is 460 g/mol. The van der Waals surface area contributed by atoms with E-state index in [1.54, 1.807) is 4.57 Å². The third-order valence-electron chi connectivity index (χ3n) is 5.29. The van der Waals surface area contributed by atoms with Gasteiger partial charge in [0, 0.05) is 12.3 Å². The van der Waals surface area contributed by atoms with Gasteiger partial charge in [-0.2, -0.15) is 0 Å². The minimum Gasteiger partial charge on any atom is -0.480 e. The lowest BCUT2D eigenvalue weighted by Crippen LogP contribution is -2.31. The molecule has 0 unspecified atom stereocenters. The van der Waals surface area contributed by atoms with Gasteiger partial charge in [-0.25, -0.2) is 4.98 Å². The molecule has 7 heteroatoms. The Hall–Kier alpha value is -3.58. The highest BCUT2D eigenvalue weighted by atomic mass is 32.2. The van der Waals surface area contributed by atoms with E-state index >= 15 is 0 Å². The summed E-state index contributed by atoms with van der Waals surface area (Å²) >= 11 is 1.50. The fourth-order valence-corrected chi connectivity index (χ4v) is 4.74. The molecular weight excluding hydrogens is 434 g/mol. The van der Waals surface area contributed by atoms with Crippen molar-refractivity contribution in [1.82, 2.24) is 14.9 Å². The van der Waals surface area contributed by atoms with Crippen molar-refractivity contribution in [3.8, 4) is 0 Å². The molecule has 0 fully saturated rings. The van der Waals surface area contributed by atoms with Crippen LogP contribution in [0.4, 0.5) is 0 Å². The highest BCUT2D eigenvalue weighted by Crippen LogP contribution is 2.26. The molecule has 0 spiro atoms. The van der Waals surface area contributed by atoms with Crippen molar-refractivity contribution in [3.63, 3.8) is 0 Å². The van der Waals surface area contributed by atoms with Gasteiger partial charge < -0.3 is 15.0 Å². The second-order valence-corrected chi connectivity index (χ2v) is 8.67. The Morgan fingerprint density at radius 3 is 2.15 bits per heavy atom. The summed E-state index contributed by atoms with van der Waals surface area (Å²) in [6, 6.07) is 27.1. The molecule has 33 heavy (non-hydrogen) atoms. The highest BCUT2D eigenvalue weighted by Gasteiger charge is 2.22. The Labute approximate surface area is 196 Å². The van der Waals surface area contributed by atoms with Crippen molar-refractivity contribution in [2.45, 2.75) is 24.0 Å². The minimum atomic E-state index is -0.903. The Kier molecular flexibility index (Phi) is 7.42. The molecule has 168 valence electrons. The molecule has 0 atom stereocenters. The van der Waals surface area contributed by atoms with Crippen LogP contribution in [0.25, 0.3) is 11.0 Å². The van der Waals surface area contributed by atoms with Crippen molar-refractivity contribution in [3.05, 3.63) is 96.1 Å². The second-order valence-electron chi connectivity index (χ2n) is 7.61. The summed E-state index contributed by atoms with van der Waals surface area (Å²) in [6.45, 7) is 0.399. The molecule has 0 bridgehead atoms. The van der Waals surface area contributed by atoms with Crippen molar-refractivity contribution in [2.24, 2.45) is 0 Å². The van der Waals surface area contributed by atoms with E-state index < -0.39 is 5.97 Å². The number of para-hydroxylation sites is 2. The van der Waals surface area contributed by atoms with Gasteiger partial charge in [0.15, 0.2) is 5.16 Å². The van der Waals surface area contributed by atoms with Gasteiger partial charge in [0.25, 0.3) is 0 Å². The number of rotatable bonds is 10. The molecule has 0 aliphatic rings. The van der Waals surface area contributed by atoms with Crippen LogP contribution in [0, 0.1) is 0 Å². The monoisotopic (exact) mass is 459 g/mol. The zero-order chi connectivity index (χ0) is 23.0. The third kappa shape index (κ3) is 5.62. The Balaban J connectivity index is 1.37. The number of fused-ring (bicyclic) bond motifs is 1. The largest absolute Gasteiger partial charge is 0.480 e. The zero-order valence-electron chi connectivity index (χ0n) is 18.1. The minimum absolute atomic E-state index is 0.0319. The first-order valence-corrected chi connectivity index (χ1v) is 11.8. The predicted molar refractivity (Wildman–Crippen MR) is 130 cm³/mol. The molecule has 4 aromatic rings. The molecule has 0 aliphatic heterocycles. The molecule has 1 aromatic heterocycles. The number of aliphatic carboxylic acids is 1. The summed E-state index contributed by atoms with van der Waals surface area (Å²) in [7, 11) is 0. The average Bonchev–Trinajstić information content (AvgIpc) is 3.17. The van der Waals surface area contributed by atoms with Gasteiger partial charge in [-0.05, 0) is 29.7 Å². The Morgan fingerprint density at radius 2 is 1.52 bits per heavy atom. The number of amides is 1. The quantitative estimate of drug-likeness (QED) is 0.268. The number of hydrogen-bond donors (Lipinski definition) is 2. The first-order chi connectivity index (χ1) is 16.1. The number of nitrogens with one attached hydrogen (secondary N) is 1. The van der Waals surface area contributed by atoms with Crippen LogP contribution in [-0.4, -0.2) is 38.8 Å². The molecule has 1 amide bonds. The zero-order valence-corrected chi connectivity index (χ0v) is 18.9.